The van der Waals surface area contributed by atoms with Gasteiger partial charge in [0.15, 0.2) is 5.82 Å². The summed E-state index contributed by atoms with van der Waals surface area (Å²) in [6.07, 6.45) is 0. The molecule has 0 saturated carbocycles. The highest BCUT2D eigenvalue weighted by Gasteiger charge is 2.13. The molecule has 2 N–H and O–H groups in total. The van der Waals surface area contributed by atoms with E-state index in [4.69, 9.17) is 10.3 Å². The number of aryl methyl sites for hydroxylation is 2. The third kappa shape index (κ3) is 1.62. The molecule has 0 fully saturated rings. The van der Waals surface area contributed by atoms with Crippen LogP contribution in [0.2, 0.25) is 0 Å². The molecule has 1 aromatic carbocycles. The molecular weight excluding hydrogens is 230 g/mol. The number of para-hydroxylation sites is 1. The summed E-state index contributed by atoms with van der Waals surface area (Å²) in [5, 5.41) is 3.77. The van der Waals surface area contributed by atoms with Gasteiger partial charge in [0, 0.05) is 0 Å². The first-order chi connectivity index (χ1) is 8.65. The van der Waals surface area contributed by atoms with Gasteiger partial charge in [-0.1, -0.05) is 17.3 Å². The molecule has 0 radical (unpaired) electrons. The first-order valence-corrected chi connectivity index (χ1v) is 5.65. The summed E-state index contributed by atoms with van der Waals surface area (Å²) < 4.78 is 7.00. The Morgan fingerprint density at radius 2 is 2.11 bits per heavy atom. The van der Waals surface area contributed by atoms with Crippen LogP contribution in [0.5, 0.6) is 0 Å². The molecule has 3 aromatic rings. The number of hydrogen-bond acceptors (Lipinski definition) is 5. The fourth-order valence-corrected chi connectivity index (χ4v) is 2.08. The number of hydrogen-bond donors (Lipinski definition) is 1. The van der Waals surface area contributed by atoms with E-state index in [1.54, 1.807) is 6.92 Å². The van der Waals surface area contributed by atoms with Crippen LogP contribution >= 0.6 is 0 Å². The highest BCUT2D eigenvalue weighted by atomic mass is 16.5. The van der Waals surface area contributed by atoms with Crippen LogP contribution in [0.25, 0.3) is 11.0 Å². The Morgan fingerprint density at radius 1 is 1.28 bits per heavy atom. The van der Waals surface area contributed by atoms with Gasteiger partial charge in [0.05, 0.1) is 11.0 Å². The van der Waals surface area contributed by atoms with Crippen molar-refractivity contribution in [2.75, 3.05) is 5.73 Å². The number of nitrogens with zero attached hydrogens (tertiary/aromatic N) is 4. The molecule has 92 valence electrons. The average molecular weight is 243 g/mol. The van der Waals surface area contributed by atoms with Crippen LogP contribution in [0, 0.1) is 13.8 Å². The van der Waals surface area contributed by atoms with Crippen molar-refractivity contribution in [3.05, 3.63) is 35.5 Å². The molecule has 3 rings (SSSR count). The minimum absolute atomic E-state index is 0.439. The van der Waals surface area contributed by atoms with E-state index >= 15 is 0 Å². The van der Waals surface area contributed by atoms with Crippen molar-refractivity contribution in [3.63, 3.8) is 0 Å². The van der Waals surface area contributed by atoms with Crippen molar-refractivity contribution >= 4 is 17.0 Å². The van der Waals surface area contributed by atoms with Crippen molar-refractivity contribution in [2.24, 2.45) is 0 Å². The first kappa shape index (κ1) is 10.8. The Bertz CT molecular complexity index is 712. The number of aromatic nitrogens is 4. The normalized spacial score (nSPS) is 11.2. The maximum atomic E-state index is 5.94. The van der Waals surface area contributed by atoms with E-state index in [1.165, 1.54) is 0 Å². The van der Waals surface area contributed by atoms with Crippen molar-refractivity contribution in [2.45, 2.75) is 20.4 Å². The molecule has 0 unspecified atom stereocenters. The van der Waals surface area contributed by atoms with Crippen molar-refractivity contribution in [1.82, 2.24) is 19.7 Å². The fraction of sp³-hybridized carbons (Fsp3) is 0.250. The van der Waals surface area contributed by atoms with E-state index in [0.717, 1.165) is 16.6 Å². The van der Waals surface area contributed by atoms with E-state index in [-0.39, 0.29) is 0 Å². The quantitative estimate of drug-likeness (QED) is 0.740. The molecule has 6 heteroatoms. The van der Waals surface area contributed by atoms with Crippen LogP contribution in [0.4, 0.5) is 5.95 Å². The zero-order valence-electron chi connectivity index (χ0n) is 10.2. The topological polar surface area (TPSA) is 82.8 Å². The van der Waals surface area contributed by atoms with E-state index in [1.807, 2.05) is 29.7 Å². The molecule has 2 heterocycles. The van der Waals surface area contributed by atoms with Crippen molar-refractivity contribution < 1.29 is 4.52 Å². The van der Waals surface area contributed by atoms with Gasteiger partial charge in [-0.05, 0) is 25.5 Å². The minimum atomic E-state index is 0.439. The van der Waals surface area contributed by atoms with E-state index < -0.39 is 0 Å². The lowest BCUT2D eigenvalue weighted by molar-refractivity contribution is 0.369. The number of imidazole rings is 1. The summed E-state index contributed by atoms with van der Waals surface area (Å²) in [7, 11) is 0. The summed E-state index contributed by atoms with van der Waals surface area (Å²) in [5.74, 6) is 1.60. The Hall–Kier alpha value is -2.37. The molecule has 0 amide bonds. The predicted molar refractivity (Wildman–Crippen MR) is 67.0 cm³/mol. The zero-order valence-corrected chi connectivity index (χ0v) is 10.2. The van der Waals surface area contributed by atoms with Crippen LogP contribution in [-0.4, -0.2) is 19.7 Å². The maximum absolute atomic E-state index is 5.94. The molecule has 18 heavy (non-hydrogen) atoms. The van der Waals surface area contributed by atoms with Gasteiger partial charge in [0.2, 0.25) is 11.8 Å². The second-order valence-corrected chi connectivity index (χ2v) is 4.23. The first-order valence-electron chi connectivity index (χ1n) is 5.65. The molecule has 2 aromatic heterocycles. The van der Waals surface area contributed by atoms with Crippen LogP contribution in [0.1, 0.15) is 17.3 Å². The largest absolute Gasteiger partial charge is 0.369 e. The third-order valence-corrected chi connectivity index (χ3v) is 2.86. The van der Waals surface area contributed by atoms with Gasteiger partial charge < -0.3 is 14.8 Å². The number of nitrogen functional groups attached to an aromatic ring is 1. The summed E-state index contributed by atoms with van der Waals surface area (Å²) in [4.78, 5) is 8.51. The monoisotopic (exact) mass is 243 g/mol. The lowest BCUT2D eigenvalue weighted by Gasteiger charge is -2.04. The van der Waals surface area contributed by atoms with Crippen molar-refractivity contribution in [1.29, 1.82) is 0 Å². The van der Waals surface area contributed by atoms with Crippen LogP contribution in [0.3, 0.4) is 0 Å². The van der Waals surface area contributed by atoms with E-state index in [9.17, 15) is 0 Å². The Morgan fingerprint density at radius 3 is 2.83 bits per heavy atom. The lowest BCUT2D eigenvalue weighted by atomic mass is 10.2. The molecule has 0 aliphatic rings. The lowest BCUT2D eigenvalue weighted by Crippen LogP contribution is -2.05. The standard InChI is InChI=1S/C12H13N5O/c1-7-4-3-5-9-11(7)17(12(13)15-9)6-10-14-8(2)16-18-10/h3-5H,6H2,1-2H3,(H2,13,15). The number of nitrogens with two attached hydrogens (primary N) is 1. The third-order valence-electron chi connectivity index (χ3n) is 2.86. The molecular formula is C12H13N5O. The Balaban J connectivity index is 2.13. The molecule has 0 saturated heterocycles. The van der Waals surface area contributed by atoms with Gasteiger partial charge in [0.25, 0.3) is 0 Å². The van der Waals surface area contributed by atoms with Crippen LogP contribution in [0.15, 0.2) is 22.7 Å². The molecule has 6 nitrogen and oxygen atoms in total. The highest BCUT2D eigenvalue weighted by Crippen LogP contribution is 2.22. The smallest absolute Gasteiger partial charge is 0.246 e. The summed E-state index contributed by atoms with van der Waals surface area (Å²) >= 11 is 0. The summed E-state index contributed by atoms with van der Waals surface area (Å²) in [5.41, 5.74) is 8.94. The van der Waals surface area contributed by atoms with Gasteiger partial charge in [-0.3, -0.25) is 0 Å². The minimum Gasteiger partial charge on any atom is -0.369 e. The van der Waals surface area contributed by atoms with Gasteiger partial charge in [-0.25, -0.2) is 4.98 Å². The summed E-state index contributed by atoms with van der Waals surface area (Å²) in [6, 6.07) is 5.93. The molecule has 0 aliphatic carbocycles. The predicted octanol–water partition coefficient (Wildman–Crippen LogP) is 1.67. The van der Waals surface area contributed by atoms with E-state index in [0.29, 0.717) is 24.2 Å². The maximum Gasteiger partial charge on any atom is 0.246 e. The highest BCUT2D eigenvalue weighted by molar-refractivity contribution is 5.81. The second kappa shape index (κ2) is 3.83. The van der Waals surface area contributed by atoms with Gasteiger partial charge in [-0.2, -0.15) is 4.98 Å². The van der Waals surface area contributed by atoms with Gasteiger partial charge in [0.1, 0.15) is 6.54 Å². The Kier molecular flexibility index (Phi) is 2.29. The Labute approximate surface area is 103 Å². The van der Waals surface area contributed by atoms with Gasteiger partial charge >= 0.3 is 0 Å². The van der Waals surface area contributed by atoms with E-state index in [2.05, 4.69) is 15.1 Å². The number of benzene rings is 1. The number of rotatable bonds is 2. The average Bonchev–Trinajstić information content (AvgIpc) is 2.85. The molecule has 0 aliphatic heterocycles. The molecule has 0 atom stereocenters. The summed E-state index contributed by atoms with van der Waals surface area (Å²) in [6.45, 7) is 4.25. The molecule has 0 spiro atoms. The second-order valence-electron chi connectivity index (χ2n) is 4.23. The molecule has 0 bridgehead atoms. The SMILES string of the molecule is Cc1noc(Cn2c(N)nc3cccc(C)c32)n1. The number of fused-ring (bicyclic) bond motifs is 1. The number of anilines is 1. The van der Waals surface area contributed by atoms with Crippen LogP contribution < -0.4 is 5.73 Å². The zero-order chi connectivity index (χ0) is 12.7. The van der Waals surface area contributed by atoms with Crippen molar-refractivity contribution in [3.8, 4) is 0 Å². The fourth-order valence-electron chi connectivity index (χ4n) is 2.08. The van der Waals surface area contributed by atoms with Crippen LogP contribution in [-0.2, 0) is 6.54 Å². The van der Waals surface area contributed by atoms with Gasteiger partial charge in [-0.15, -0.1) is 0 Å².